The number of hydrogen-bond acceptors (Lipinski definition) is 9. The molecular weight excluding hydrogens is 1010 g/mol. The van der Waals surface area contributed by atoms with Crippen molar-refractivity contribution < 1.29 is 60.8 Å². The fourth-order valence-corrected chi connectivity index (χ4v) is 13.1. The summed E-state index contributed by atoms with van der Waals surface area (Å²) in [5, 5.41) is 40.2. The Morgan fingerprint density at radius 2 is 0.987 bits per heavy atom. The van der Waals surface area contributed by atoms with Gasteiger partial charge in [0.15, 0.2) is 11.4 Å². The van der Waals surface area contributed by atoms with Crippen molar-refractivity contribution in [3.05, 3.63) is 104 Å². The molecule has 4 aliphatic heterocycles. The van der Waals surface area contributed by atoms with Crippen LogP contribution in [0.5, 0.6) is 0 Å². The molecule has 3 amide bonds. The normalized spacial score (nSPS) is 23.5. The van der Waals surface area contributed by atoms with E-state index in [-0.39, 0.29) is 77.6 Å². The first-order valence-electron chi connectivity index (χ1n) is 27.3. The summed E-state index contributed by atoms with van der Waals surface area (Å²) >= 11 is 0. The van der Waals surface area contributed by atoms with Crippen molar-refractivity contribution in [3.8, 4) is 0 Å². The van der Waals surface area contributed by atoms with E-state index in [0.29, 0.717) is 112 Å². The first-order valence-corrected chi connectivity index (χ1v) is 27.3. The lowest BCUT2D eigenvalue weighted by Crippen LogP contribution is -2.41. The van der Waals surface area contributed by atoms with Crippen LogP contribution in [0.25, 0.3) is 0 Å². The zero-order chi connectivity index (χ0) is 54.7. The molecule has 416 valence electrons. The number of carboxylic acids is 1. The maximum absolute atomic E-state index is 13.4. The van der Waals surface area contributed by atoms with E-state index in [1.807, 2.05) is 0 Å². The Balaban J connectivity index is 0.000000157. The van der Waals surface area contributed by atoms with Crippen molar-refractivity contribution in [2.24, 2.45) is 11.8 Å². The van der Waals surface area contributed by atoms with Crippen LogP contribution in [-0.2, 0) is 47.9 Å². The maximum Gasteiger partial charge on any atom is 0.416 e. The SMILES string of the molecule is Cc1c(C2CCN(C(=O)Cn3nc(C(=O)N4CCC(O)CC4)c4c3C[C@H]3C[C@@H]43)CC2)cccc1C(F)(F)F.Cc1c(C2CCN(C(=O)Cn3nc(C(=O)O)c4c3C[C@H]3C[C@@H]43)CC2)cccc1C(F)(F)F.OC1CCNCC1. The van der Waals surface area contributed by atoms with Gasteiger partial charge in [-0.05, 0) is 174 Å². The number of fused-ring (bicyclic) bond motifs is 6. The molecule has 0 radical (unpaired) electrons. The number of carbonyl (C=O) groups is 4. The summed E-state index contributed by atoms with van der Waals surface area (Å²) < 4.78 is 83.1. The van der Waals surface area contributed by atoms with Crippen LogP contribution in [0.15, 0.2) is 36.4 Å². The Labute approximate surface area is 443 Å². The van der Waals surface area contributed by atoms with E-state index >= 15 is 0 Å². The lowest BCUT2D eigenvalue weighted by molar-refractivity contribution is -0.139. The Morgan fingerprint density at radius 1 is 0.584 bits per heavy atom. The van der Waals surface area contributed by atoms with E-state index in [4.69, 9.17) is 5.11 Å². The van der Waals surface area contributed by atoms with Crippen molar-refractivity contribution in [3.63, 3.8) is 0 Å². The van der Waals surface area contributed by atoms with Gasteiger partial charge in [0.05, 0.1) is 23.3 Å². The van der Waals surface area contributed by atoms with E-state index in [9.17, 15) is 55.7 Å². The molecule has 21 heteroatoms. The summed E-state index contributed by atoms with van der Waals surface area (Å²) in [6, 6.07) is 8.67. The number of halogens is 6. The third-order valence-corrected chi connectivity index (χ3v) is 17.7. The van der Waals surface area contributed by atoms with Gasteiger partial charge in [0, 0.05) is 61.8 Å². The number of hydrogen-bond donors (Lipinski definition) is 4. The lowest BCUT2D eigenvalue weighted by atomic mass is 9.85. The number of aromatic carboxylic acids is 1. The van der Waals surface area contributed by atoms with Crippen molar-refractivity contribution in [1.29, 1.82) is 0 Å². The minimum Gasteiger partial charge on any atom is -0.476 e. The number of alkyl halides is 6. The number of aliphatic hydroxyl groups is 2. The quantitative estimate of drug-likeness (QED) is 0.128. The molecule has 8 aliphatic rings. The average molecular weight is 1080 g/mol. The molecule has 0 unspecified atom stereocenters. The molecule has 2 aromatic heterocycles. The highest BCUT2D eigenvalue weighted by Gasteiger charge is 2.52. The predicted molar refractivity (Wildman–Crippen MR) is 269 cm³/mol. The second-order valence-electron chi connectivity index (χ2n) is 22.5. The van der Waals surface area contributed by atoms with Gasteiger partial charge in [0.2, 0.25) is 11.8 Å². The van der Waals surface area contributed by atoms with Gasteiger partial charge in [0.25, 0.3) is 5.91 Å². The molecule has 6 heterocycles. The van der Waals surface area contributed by atoms with Crippen molar-refractivity contribution >= 4 is 23.7 Å². The number of amides is 3. The number of piperidine rings is 4. The first-order chi connectivity index (χ1) is 36.7. The fourth-order valence-electron chi connectivity index (χ4n) is 13.1. The molecule has 4 atom stereocenters. The van der Waals surface area contributed by atoms with Crippen molar-refractivity contribution in [2.75, 3.05) is 52.4 Å². The van der Waals surface area contributed by atoms with Crippen LogP contribution in [0.3, 0.4) is 0 Å². The van der Waals surface area contributed by atoms with Gasteiger partial charge in [-0.1, -0.05) is 24.3 Å². The van der Waals surface area contributed by atoms with Gasteiger partial charge in [-0.3, -0.25) is 23.7 Å². The van der Waals surface area contributed by atoms with Crippen molar-refractivity contribution in [1.82, 2.24) is 39.6 Å². The number of nitrogens with zero attached hydrogens (tertiary/aromatic N) is 7. The van der Waals surface area contributed by atoms with E-state index in [0.717, 1.165) is 86.3 Å². The molecule has 2 aromatic carbocycles. The van der Waals surface area contributed by atoms with E-state index < -0.39 is 29.4 Å². The Kier molecular flexibility index (Phi) is 15.4. The van der Waals surface area contributed by atoms with E-state index in [1.54, 1.807) is 36.2 Å². The molecule has 4 N–H and O–H groups in total. The minimum atomic E-state index is -4.38. The number of aromatic nitrogens is 4. The zero-order valence-corrected chi connectivity index (χ0v) is 43.5. The molecule has 12 rings (SSSR count). The molecule has 0 spiro atoms. The summed E-state index contributed by atoms with van der Waals surface area (Å²) in [5.74, 6) is 0.222. The van der Waals surface area contributed by atoms with Crippen LogP contribution < -0.4 is 5.32 Å². The van der Waals surface area contributed by atoms with Crippen LogP contribution >= 0.6 is 0 Å². The van der Waals surface area contributed by atoms with Gasteiger partial charge in [-0.25, -0.2) is 4.79 Å². The third kappa shape index (κ3) is 11.5. The highest BCUT2D eigenvalue weighted by Crippen LogP contribution is 2.58. The summed E-state index contributed by atoms with van der Waals surface area (Å²) in [7, 11) is 0. The standard InChI is InChI=1S/C28H33F3N4O3.C23H24F3N3O3.C5H11NO/c1-16-20(3-2-4-22(16)28(29,30)31)17-5-9-33(10-6-17)24(37)15-35-23-14-18-13-21(18)25(23)26(32-35)27(38)34-11-7-19(36)8-12-34;1-12-15(3-2-4-17(12)23(24,25)26)13-5-7-28(8-6-13)19(30)11-29-18-10-14-9-16(14)20(18)21(27-29)22(31)32;7-5-1-3-6-4-2-5/h2-4,17-19,21,36H,5-15H2,1H3;2-4,13-14,16H,5-11H2,1H3,(H,31,32);5-7H,1-4H2/t18-,21-;14-,16-;/m11./s1. The molecule has 4 aliphatic carbocycles. The maximum atomic E-state index is 13.4. The second-order valence-corrected chi connectivity index (χ2v) is 22.5. The number of carbonyl (C=O) groups excluding carboxylic acids is 3. The summed E-state index contributed by atoms with van der Waals surface area (Å²) in [6.07, 6.45) is -0.0880. The molecule has 4 saturated heterocycles. The minimum absolute atomic E-state index is 0.00229. The largest absolute Gasteiger partial charge is 0.476 e. The predicted octanol–water partition coefficient (Wildman–Crippen LogP) is 7.58. The lowest BCUT2D eigenvalue weighted by Gasteiger charge is -2.33. The summed E-state index contributed by atoms with van der Waals surface area (Å²) in [6.45, 7) is 7.99. The third-order valence-electron chi connectivity index (χ3n) is 17.7. The molecule has 15 nitrogen and oxygen atoms in total. The van der Waals surface area contributed by atoms with E-state index in [1.165, 1.54) is 26.0 Å². The van der Waals surface area contributed by atoms with Crippen LogP contribution in [0, 0.1) is 25.7 Å². The van der Waals surface area contributed by atoms with Crippen LogP contribution in [-0.4, -0.2) is 138 Å². The number of aliphatic hydroxyl groups excluding tert-OH is 2. The first kappa shape index (κ1) is 54.6. The van der Waals surface area contributed by atoms with Gasteiger partial charge < -0.3 is 35.3 Å². The van der Waals surface area contributed by atoms with Crippen LogP contribution in [0.1, 0.15) is 165 Å². The zero-order valence-electron chi connectivity index (χ0n) is 43.5. The van der Waals surface area contributed by atoms with Gasteiger partial charge in [-0.2, -0.15) is 36.5 Å². The smallest absolute Gasteiger partial charge is 0.416 e. The van der Waals surface area contributed by atoms with Crippen molar-refractivity contribution in [2.45, 2.75) is 152 Å². The second kappa shape index (κ2) is 21.8. The molecule has 0 bridgehead atoms. The molecule has 6 fully saturated rings. The van der Waals surface area contributed by atoms with Crippen LogP contribution in [0.4, 0.5) is 26.3 Å². The average Bonchev–Trinajstić information content (AvgIpc) is 4.15. The number of nitrogens with one attached hydrogen (secondary N) is 1. The number of benzene rings is 2. The van der Waals surface area contributed by atoms with Gasteiger partial charge in [0.1, 0.15) is 13.1 Å². The molecule has 77 heavy (non-hydrogen) atoms. The van der Waals surface area contributed by atoms with Crippen LogP contribution in [0.2, 0.25) is 0 Å². The Bertz CT molecular complexity index is 2870. The fraction of sp³-hybridized carbons (Fsp3) is 0.607. The molecule has 4 aromatic rings. The van der Waals surface area contributed by atoms with Gasteiger partial charge >= 0.3 is 18.3 Å². The Hall–Kier alpha value is -5.80. The topological polar surface area (TPSA) is 186 Å². The highest BCUT2D eigenvalue weighted by molar-refractivity contribution is 5.95. The summed E-state index contributed by atoms with van der Waals surface area (Å²) in [5.41, 5.74) is 4.95. The number of likely N-dealkylation sites (tertiary alicyclic amines) is 3. The number of carboxylic acid groups (broad SMARTS) is 1. The monoisotopic (exact) mass is 1080 g/mol. The van der Waals surface area contributed by atoms with Gasteiger partial charge in [-0.15, -0.1) is 0 Å². The molecular formula is C56H68F6N8O7. The number of rotatable bonds is 8. The highest BCUT2D eigenvalue weighted by atomic mass is 19.4. The molecule has 2 saturated carbocycles. The Morgan fingerprint density at radius 3 is 1.39 bits per heavy atom. The van der Waals surface area contributed by atoms with E-state index in [2.05, 4.69) is 15.5 Å². The summed E-state index contributed by atoms with van der Waals surface area (Å²) in [4.78, 5) is 56.3.